The Kier molecular flexibility index (Phi) is 6.72. The maximum atomic E-state index is 3.75. The fraction of sp³-hybridized carbons (Fsp3) is 0.684. The highest BCUT2D eigenvalue weighted by Crippen LogP contribution is 2.16. The van der Waals surface area contributed by atoms with E-state index in [0.717, 1.165) is 5.92 Å². The minimum absolute atomic E-state index is 0.620. The van der Waals surface area contributed by atoms with Gasteiger partial charge in [-0.15, -0.1) is 0 Å². The number of hydrogen-bond acceptors (Lipinski definition) is 2. The first-order chi connectivity index (χ1) is 10.2. The number of likely N-dealkylation sites (tertiary alicyclic amines) is 1. The van der Waals surface area contributed by atoms with Gasteiger partial charge in [0.1, 0.15) is 0 Å². The molecule has 1 aliphatic heterocycles. The smallest absolute Gasteiger partial charge is 0.00420 e. The van der Waals surface area contributed by atoms with Gasteiger partial charge >= 0.3 is 0 Å². The minimum atomic E-state index is 0.620. The first-order valence-electron chi connectivity index (χ1n) is 8.68. The molecule has 1 atom stereocenters. The van der Waals surface area contributed by atoms with Gasteiger partial charge in [-0.05, 0) is 77.2 Å². The van der Waals surface area contributed by atoms with Gasteiger partial charge in [0, 0.05) is 6.04 Å². The van der Waals surface area contributed by atoms with E-state index in [1.807, 2.05) is 0 Å². The molecule has 1 aromatic rings. The second kappa shape index (κ2) is 8.55. The number of aryl methyl sites for hydroxylation is 2. The van der Waals surface area contributed by atoms with E-state index in [1.165, 1.54) is 63.0 Å². The first kappa shape index (κ1) is 16.5. The molecule has 2 rings (SSSR count). The maximum absolute atomic E-state index is 3.75. The summed E-state index contributed by atoms with van der Waals surface area (Å²) in [5, 5.41) is 3.75. The summed E-state index contributed by atoms with van der Waals surface area (Å²) in [5.74, 6) is 0.884. The van der Waals surface area contributed by atoms with Crippen LogP contribution >= 0.6 is 0 Å². The van der Waals surface area contributed by atoms with E-state index in [-0.39, 0.29) is 0 Å². The zero-order valence-corrected chi connectivity index (χ0v) is 14.1. The van der Waals surface area contributed by atoms with E-state index in [9.17, 15) is 0 Å². The Bertz CT molecular complexity index is 408. The molecule has 1 unspecified atom stereocenters. The normalized spacial score (nSPS) is 18.8. The van der Waals surface area contributed by atoms with Crippen molar-refractivity contribution >= 4 is 0 Å². The minimum Gasteiger partial charge on any atom is -0.314 e. The molecule has 0 radical (unpaired) electrons. The molecule has 0 spiro atoms. The second-order valence-electron chi connectivity index (χ2n) is 6.71. The standard InChI is InChI=1S/C19H32N2/c1-4-21-12-10-19(11-13-21)15-20-17(3)8-9-18-7-5-6-16(2)14-18/h5-7,14,17,19-20H,4,8-13,15H2,1-3H3. The van der Waals surface area contributed by atoms with Crippen molar-refractivity contribution in [3.63, 3.8) is 0 Å². The van der Waals surface area contributed by atoms with Crippen molar-refractivity contribution in [3.8, 4) is 0 Å². The summed E-state index contributed by atoms with van der Waals surface area (Å²) in [5.41, 5.74) is 2.84. The summed E-state index contributed by atoms with van der Waals surface area (Å²) >= 11 is 0. The van der Waals surface area contributed by atoms with E-state index in [2.05, 4.69) is 55.3 Å². The van der Waals surface area contributed by atoms with Gasteiger partial charge in [-0.2, -0.15) is 0 Å². The predicted octanol–water partition coefficient (Wildman–Crippen LogP) is 3.64. The Hall–Kier alpha value is -0.860. The van der Waals surface area contributed by atoms with Crippen molar-refractivity contribution in [1.82, 2.24) is 10.2 Å². The predicted molar refractivity (Wildman–Crippen MR) is 91.8 cm³/mol. The third-order valence-corrected chi connectivity index (χ3v) is 4.86. The summed E-state index contributed by atoms with van der Waals surface area (Å²) < 4.78 is 0. The maximum Gasteiger partial charge on any atom is 0.00420 e. The number of piperidine rings is 1. The van der Waals surface area contributed by atoms with Crippen LogP contribution in [0.3, 0.4) is 0 Å². The van der Waals surface area contributed by atoms with Gasteiger partial charge in [0.05, 0.1) is 0 Å². The molecule has 0 amide bonds. The molecule has 1 fully saturated rings. The molecule has 0 bridgehead atoms. The van der Waals surface area contributed by atoms with Crippen LogP contribution in [0.25, 0.3) is 0 Å². The fourth-order valence-corrected chi connectivity index (χ4v) is 3.23. The molecule has 1 aliphatic rings. The summed E-state index contributed by atoms with van der Waals surface area (Å²) in [6.45, 7) is 11.8. The molecule has 2 nitrogen and oxygen atoms in total. The van der Waals surface area contributed by atoms with E-state index >= 15 is 0 Å². The fourth-order valence-electron chi connectivity index (χ4n) is 3.23. The van der Waals surface area contributed by atoms with Gasteiger partial charge in [-0.3, -0.25) is 0 Å². The van der Waals surface area contributed by atoms with Crippen LogP contribution in [-0.2, 0) is 6.42 Å². The molecule has 1 heterocycles. The number of nitrogens with one attached hydrogen (secondary N) is 1. The van der Waals surface area contributed by atoms with Crippen LogP contribution < -0.4 is 5.32 Å². The molecule has 1 N–H and O–H groups in total. The van der Waals surface area contributed by atoms with Crippen LogP contribution in [0.15, 0.2) is 24.3 Å². The van der Waals surface area contributed by atoms with Crippen molar-refractivity contribution in [2.45, 2.75) is 52.5 Å². The number of rotatable bonds is 7. The monoisotopic (exact) mass is 288 g/mol. The zero-order valence-electron chi connectivity index (χ0n) is 14.1. The summed E-state index contributed by atoms with van der Waals surface area (Å²) in [6.07, 6.45) is 5.15. The van der Waals surface area contributed by atoms with Crippen molar-refractivity contribution in [2.75, 3.05) is 26.2 Å². The van der Waals surface area contributed by atoms with Crippen LogP contribution in [0.4, 0.5) is 0 Å². The van der Waals surface area contributed by atoms with Crippen molar-refractivity contribution in [3.05, 3.63) is 35.4 Å². The quantitative estimate of drug-likeness (QED) is 0.824. The Morgan fingerprint density at radius 1 is 1.29 bits per heavy atom. The van der Waals surface area contributed by atoms with Gasteiger partial charge in [0.15, 0.2) is 0 Å². The van der Waals surface area contributed by atoms with Gasteiger partial charge in [-0.25, -0.2) is 0 Å². The summed E-state index contributed by atoms with van der Waals surface area (Å²) in [7, 11) is 0. The Labute approximate surface area is 130 Å². The lowest BCUT2D eigenvalue weighted by Gasteiger charge is -2.31. The van der Waals surface area contributed by atoms with Gasteiger partial charge < -0.3 is 10.2 Å². The Balaban J connectivity index is 1.62. The SMILES string of the molecule is CCN1CCC(CNC(C)CCc2cccc(C)c2)CC1. The lowest BCUT2D eigenvalue weighted by molar-refractivity contribution is 0.187. The molecule has 21 heavy (non-hydrogen) atoms. The van der Waals surface area contributed by atoms with Crippen LogP contribution in [0.5, 0.6) is 0 Å². The molecule has 118 valence electrons. The molecule has 0 saturated carbocycles. The summed E-state index contributed by atoms with van der Waals surface area (Å²) in [4.78, 5) is 2.57. The molecule has 1 aromatic carbocycles. The highest BCUT2D eigenvalue weighted by molar-refractivity contribution is 5.22. The average Bonchev–Trinajstić information content (AvgIpc) is 2.51. The third kappa shape index (κ3) is 5.80. The van der Waals surface area contributed by atoms with E-state index in [0.29, 0.717) is 6.04 Å². The third-order valence-electron chi connectivity index (χ3n) is 4.86. The van der Waals surface area contributed by atoms with Crippen LogP contribution in [0, 0.1) is 12.8 Å². The van der Waals surface area contributed by atoms with Crippen molar-refractivity contribution in [1.29, 1.82) is 0 Å². The van der Waals surface area contributed by atoms with Crippen LogP contribution in [0.2, 0.25) is 0 Å². The second-order valence-corrected chi connectivity index (χ2v) is 6.71. The van der Waals surface area contributed by atoms with Gasteiger partial charge in [-0.1, -0.05) is 36.8 Å². The molecule has 0 aliphatic carbocycles. The molecule has 1 saturated heterocycles. The van der Waals surface area contributed by atoms with Gasteiger partial charge in [0.2, 0.25) is 0 Å². The van der Waals surface area contributed by atoms with Gasteiger partial charge in [0.25, 0.3) is 0 Å². The average molecular weight is 288 g/mol. The van der Waals surface area contributed by atoms with E-state index in [4.69, 9.17) is 0 Å². The molecule has 0 aromatic heterocycles. The number of benzene rings is 1. The zero-order chi connectivity index (χ0) is 15.1. The van der Waals surface area contributed by atoms with E-state index < -0.39 is 0 Å². The Morgan fingerprint density at radius 3 is 2.71 bits per heavy atom. The van der Waals surface area contributed by atoms with Crippen LogP contribution in [0.1, 0.15) is 44.2 Å². The topological polar surface area (TPSA) is 15.3 Å². The molecular formula is C19H32N2. The lowest BCUT2D eigenvalue weighted by Crippen LogP contribution is -2.39. The molecule has 2 heteroatoms. The van der Waals surface area contributed by atoms with Crippen molar-refractivity contribution < 1.29 is 0 Å². The number of hydrogen-bond donors (Lipinski definition) is 1. The largest absolute Gasteiger partial charge is 0.314 e. The van der Waals surface area contributed by atoms with Crippen LogP contribution in [-0.4, -0.2) is 37.1 Å². The highest BCUT2D eigenvalue weighted by Gasteiger charge is 2.18. The first-order valence-corrected chi connectivity index (χ1v) is 8.68. The number of nitrogens with zero attached hydrogens (tertiary/aromatic N) is 1. The molecular weight excluding hydrogens is 256 g/mol. The highest BCUT2D eigenvalue weighted by atomic mass is 15.1. The lowest BCUT2D eigenvalue weighted by atomic mass is 9.96. The van der Waals surface area contributed by atoms with Crippen molar-refractivity contribution in [2.24, 2.45) is 5.92 Å². The summed E-state index contributed by atoms with van der Waals surface area (Å²) in [6, 6.07) is 9.53. The Morgan fingerprint density at radius 2 is 2.05 bits per heavy atom. The van der Waals surface area contributed by atoms with E-state index in [1.54, 1.807) is 0 Å².